The topological polar surface area (TPSA) is 92.3 Å². The summed E-state index contributed by atoms with van der Waals surface area (Å²) in [5.74, 6) is 1.07. The molecule has 7 heteroatoms. The van der Waals surface area contributed by atoms with Gasteiger partial charge in [-0.05, 0) is 44.4 Å². The Bertz CT molecular complexity index is 1060. The molecular weight excluding hydrogens is 380 g/mol. The number of nitrogens with two attached hydrogens (primary N) is 1. The van der Waals surface area contributed by atoms with Gasteiger partial charge in [0.15, 0.2) is 5.82 Å². The molecule has 0 amide bonds. The van der Waals surface area contributed by atoms with Gasteiger partial charge in [-0.15, -0.1) is 0 Å². The third kappa shape index (κ3) is 4.79. The van der Waals surface area contributed by atoms with Gasteiger partial charge in [-0.25, -0.2) is 14.8 Å². The normalized spacial score (nSPS) is 11.7. The Hall–Kier alpha value is -2.93. The molecule has 0 radical (unpaired) electrons. The molecule has 0 fully saturated rings. The number of unbranched alkanes of at least 4 members (excludes halogenated alkanes) is 1. The summed E-state index contributed by atoms with van der Waals surface area (Å²) in [5, 5.41) is 1.00. The summed E-state index contributed by atoms with van der Waals surface area (Å²) in [7, 11) is 0. The predicted octanol–water partition coefficient (Wildman–Crippen LogP) is 4.12. The van der Waals surface area contributed by atoms with Crippen LogP contribution in [0.25, 0.3) is 28.0 Å². The van der Waals surface area contributed by atoms with E-state index < -0.39 is 0 Å². The van der Waals surface area contributed by atoms with Crippen LogP contribution in [-0.4, -0.2) is 40.3 Å². The van der Waals surface area contributed by atoms with Crippen LogP contribution in [0.4, 0.5) is 5.82 Å². The fourth-order valence-electron chi connectivity index (χ4n) is 3.56. The van der Waals surface area contributed by atoms with Crippen molar-refractivity contribution in [2.75, 3.05) is 25.6 Å². The molecule has 0 aliphatic carbocycles. The third-order valence-electron chi connectivity index (χ3n) is 4.95. The number of carbonyl (C=O) groups excluding carboxylic acids is 1. The van der Waals surface area contributed by atoms with Gasteiger partial charge in [0.2, 0.25) is 0 Å². The van der Waals surface area contributed by atoms with E-state index >= 15 is 0 Å². The van der Waals surface area contributed by atoms with Crippen molar-refractivity contribution < 1.29 is 14.3 Å². The van der Waals surface area contributed by atoms with E-state index in [4.69, 9.17) is 20.2 Å². The SMILES string of the molecule is CCOCCCCn1c(CC)nc2c(N)nc3cc(/C=C/C(=O)OCC)ccc3c21. The summed E-state index contributed by atoms with van der Waals surface area (Å²) in [6.45, 7) is 8.61. The molecule has 30 heavy (non-hydrogen) atoms. The molecule has 0 spiro atoms. The minimum absolute atomic E-state index is 0.352. The summed E-state index contributed by atoms with van der Waals surface area (Å²) in [4.78, 5) is 20.9. The van der Waals surface area contributed by atoms with Gasteiger partial charge in [0.1, 0.15) is 11.3 Å². The smallest absolute Gasteiger partial charge is 0.330 e. The number of rotatable bonds is 10. The van der Waals surface area contributed by atoms with Crippen LogP contribution in [0.2, 0.25) is 0 Å². The number of benzene rings is 1. The summed E-state index contributed by atoms with van der Waals surface area (Å²) >= 11 is 0. The highest BCUT2D eigenvalue weighted by Gasteiger charge is 2.16. The van der Waals surface area contributed by atoms with Crippen molar-refractivity contribution in [3.05, 3.63) is 35.7 Å². The van der Waals surface area contributed by atoms with Crippen molar-refractivity contribution in [2.45, 2.75) is 46.6 Å². The number of fused-ring (bicyclic) bond motifs is 3. The summed E-state index contributed by atoms with van der Waals surface area (Å²) in [5.41, 5.74) is 9.68. The van der Waals surface area contributed by atoms with Gasteiger partial charge in [0.25, 0.3) is 0 Å². The van der Waals surface area contributed by atoms with Gasteiger partial charge >= 0.3 is 5.97 Å². The monoisotopic (exact) mass is 410 g/mol. The van der Waals surface area contributed by atoms with Crippen LogP contribution in [-0.2, 0) is 27.2 Å². The first-order valence-electron chi connectivity index (χ1n) is 10.6. The van der Waals surface area contributed by atoms with E-state index in [1.165, 1.54) is 6.08 Å². The predicted molar refractivity (Wildman–Crippen MR) is 120 cm³/mol. The first kappa shape index (κ1) is 21.8. The number of pyridine rings is 1. The molecule has 1 aromatic carbocycles. The van der Waals surface area contributed by atoms with Gasteiger partial charge in [0, 0.05) is 37.6 Å². The molecule has 0 aliphatic rings. The van der Waals surface area contributed by atoms with E-state index in [0.29, 0.717) is 12.4 Å². The quantitative estimate of drug-likeness (QED) is 0.307. The molecular formula is C23H30N4O3. The summed E-state index contributed by atoms with van der Waals surface area (Å²) in [6, 6.07) is 5.92. The lowest BCUT2D eigenvalue weighted by atomic mass is 10.1. The average molecular weight is 411 g/mol. The highest BCUT2D eigenvalue weighted by atomic mass is 16.5. The lowest BCUT2D eigenvalue weighted by Gasteiger charge is -2.10. The van der Waals surface area contributed by atoms with Gasteiger partial charge in [0.05, 0.1) is 17.6 Å². The number of nitrogen functional groups attached to an aromatic ring is 1. The first-order chi connectivity index (χ1) is 14.6. The van der Waals surface area contributed by atoms with Crippen molar-refractivity contribution in [1.29, 1.82) is 0 Å². The fraction of sp³-hybridized carbons (Fsp3) is 0.435. The number of esters is 1. The molecule has 2 heterocycles. The number of carbonyl (C=O) groups is 1. The lowest BCUT2D eigenvalue weighted by molar-refractivity contribution is -0.137. The maximum Gasteiger partial charge on any atom is 0.330 e. The van der Waals surface area contributed by atoms with Crippen LogP contribution >= 0.6 is 0 Å². The highest BCUT2D eigenvalue weighted by Crippen LogP contribution is 2.30. The molecule has 0 saturated heterocycles. The van der Waals surface area contributed by atoms with Crippen LogP contribution < -0.4 is 5.73 Å². The molecule has 0 bridgehead atoms. The van der Waals surface area contributed by atoms with Crippen LogP contribution in [0.5, 0.6) is 0 Å². The zero-order valence-electron chi connectivity index (χ0n) is 18.0. The van der Waals surface area contributed by atoms with E-state index in [9.17, 15) is 4.79 Å². The number of hydrogen-bond acceptors (Lipinski definition) is 6. The fourth-order valence-corrected chi connectivity index (χ4v) is 3.56. The molecule has 3 aromatic rings. The molecule has 3 rings (SSSR count). The second-order valence-electron chi connectivity index (χ2n) is 6.99. The zero-order chi connectivity index (χ0) is 21.5. The largest absolute Gasteiger partial charge is 0.463 e. The number of ether oxygens (including phenoxy) is 2. The molecule has 0 unspecified atom stereocenters. The van der Waals surface area contributed by atoms with Gasteiger partial charge < -0.3 is 19.8 Å². The van der Waals surface area contributed by atoms with E-state index in [2.05, 4.69) is 16.5 Å². The Labute approximate surface area is 176 Å². The van der Waals surface area contributed by atoms with E-state index in [1.807, 2.05) is 25.1 Å². The highest BCUT2D eigenvalue weighted by molar-refractivity contribution is 6.07. The second-order valence-corrected chi connectivity index (χ2v) is 6.99. The molecule has 160 valence electrons. The average Bonchev–Trinajstić information content (AvgIpc) is 3.11. The van der Waals surface area contributed by atoms with Crippen LogP contribution in [0.15, 0.2) is 24.3 Å². The van der Waals surface area contributed by atoms with Crippen LogP contribution in [0.3, 0.4) is 0 Å². The Morgan fingerprint density at radius 3 is 2.73 bits per heavy atom. The summed E-state index contributed by atoms with van der Waals surface area (Å²) < 4.78 is 12.7. The minimum atomic E-state index is -0.363. The molecule has 2 aromatic heterocycles. The number of aryl methyl sites for hydroxylation is 2. The van der Waals surface area contributed by atoms with Gasteiger partial charge in [-0.2, -0.15) is 0 Å². The van der Waals surface area contributed by atoms with Crippen molar-refractivity contribution in [1.82, 2.24) is 14.5 Å². The van der Waals surface area contributed by atoms with E-state index in [0.717, 1.165) is 72.3 Å². The molecule has 0 saturated carbocycles. The van der Waals surface area contributed by atoms with Crippen molar-refractivity contribution >= 4 is 39.8 Å². The zero-order valence-corrected chi connectivity index (χ0v) is 18.0. The van der Waals surface area contributed by atoms with Crippen molar-refractivity contribution in [2.24, 2.45) is 0 Å². The number of aromatic nitrogens is 3. The maximum absolute atomic E-state index is 11.6. The van der Waals surface area contributed by atoms with Crippen molar-refractivity contribution in [3.8, 4) is 0 Å². The summed E-state index contributed by atoms with van der Waals surface area (Å²) in [6.07, 6.45) is 5.97. The molecule has 2 N–H and O–H groups in total. The maximum atomic E-state index is 11.6. The number of anilines is 1. The molecule has 0 aliphatic heterocycles. The number of imidazole rings is 1. The Morgan fingerprint density at radius 1 is 1.17 bits per heavy atom. The Morgan fingerprint density at radius 2 is 2.00 bits per heavy atom. The third-order valence-corrected chi connectivity index (χ3v) is 4.95. The lowest BCUT2D eigenvalue weighted by Crippen LogP contribution is -2.05. The van der Waals surface area contributed by atoms with Crippen LogP contribution in [0.1, 0.15) is 45.0 Å². The second kappa shape index (κ2) is 10.2. The minimum Gasteiger partial charge on any atom is -0.463 e. The van der Waals surface area contributed by atoms with E-state index in [1.54, 1.807) is 13.0 Å². The van der Waals surface area contributed by atoms with Gasteiger partial charge in [-0.1, -0.05) is 19.1 Å². The number of hydrogen-bond donors (Lipinski definition) is 1. The molecule has 7 nitrogen and oxygen atoms in total. The first-order valence-corrected chi connectivity index (χ1v) is 10.6. The Balaban J connectivity index is 1.99. The van der Waals surface area contributed by atoms with Crippen molar-refractivity contribution in [3.63, 3.8) is 0 Å². The standard InChI is InChI=1S/C23H30N4O3/c1-4-19-26-21-22(27(19)13-7-8-14-29-5-2)17-11-9-16(10-12-20(28)30-6-3)15-18(17)25-23(21)24/h9-12,15H,4-8,13-14H2,1-3H3,(H2,24,25)/b12-10+. The van der Waals surface area contributed by atoms with Crippen LogP contribution in [0, 0.1) is 0 Å². The van der Waals surface area contributed by atoms with Gasteiger partial charge in [-0.3, -0.25) is 0 Å². The Kier molecular flexibility index (Phi) is 7.41. The number of nitrogens with zero attached hydrogens (tertiary/aromatic N) is 3. The molecule has 0 atom stereocenters. The van der Waals surface area contributed by atoms with E-state index in [-0.39, 0.29) is 5.97 Å².